The van der Waals surface area contributed by atoms with E-state index >= 15 is 0 Å². The maximum atomic E-state index is 12.6. The Kier molecular flexibility index (Phi) is 3.68. The van der Waals surface area contributed by atoms with E-state index in [9.17, 15) is 8.78 Å². The summed E-state index contributed by atoms with van der Waals surface area (Å²) in [6, 6.07) is 9.59. The number of aromatic nitrogens is 1. The predicted molar refractivity (Wildman–Crippen MR) is 63.4 cm³/mol. The average molecular weight is 300 g/mol. The second-order valence-corrected chi connectivity index (χ2v) is 4.11. The Labute approximate surface area is 105 Å². The molecule has 0 radical (unpaired) electrons. The molecule has 5 heteroatoms. The van der Waals surface area contributed by atoms with Crippen molar-refractivity contribution in [3.05, 3.63) is 52.6 Å². The number of halogens is 3. The summed E-state index contributed by atoms with van der Waals surface area (Å²) in [6.45, 7) is 0. The summed E-state index contributed by atoms with van der Waals surface area (Å²) in [5.74, 6) is 0.706. The molecule has 0 aliphatic rings. The molecule has 1 aromatic carbocycles. The van der Waals surface area contributed by atoms with E-state index in [4.69, 9.17) is 4.74 Å². The number of pyridine rings is 1. The first-order valence-corrected chi connectivity index (χ1v) is 5.62. The van der Waals surface area contributed by atoms with Crippen molar-refractivity contribution >= 4 is 15.9 Å². The van der Waals surface area contributed by atoms with Crippen LogP contribution < -0.4 is 4.74 Å². The van der Waals surface area contributed by atoms with E-state index in [-0.39, 0.29) is 5.56 Å². The van der Waals surface area contributed by atoms with Gasteiger partial charge in [0, 0.05) is 22.3 Å². The molecule has 1 heterocycles. The Morgan fingerprint density at radius 1 is 1.18 bits per heavy atom. The van der Waals surface area contributed by atoms with E-state index < -0.39 is 6.43 Å². The maximum absolute atomic E-state index is 12.6. The van der Waals surface area contributed by atoms with E-state index in [0.29, 0.717) is 16.1 Å². The van der Waals surface area contributed by atoms with Crippen LogP contribution in [0.15, 0.2) is 47.1 Å². The van der Waals surface area contributed by atoms with Gasteiger partial charge in [-0.3, -0.25) is 0 Å². The van der Waals surface area contributed by atoms with Crippen LogP contribution in [0.2, 0.25) is 0 Å². The highest BCUT2D eigenvalue weighted by Crippen LogP contribution is 2.31. The summed E-state index contributed by atoms with van der Waals surface area (Å²) in [7, 11) is 0. The second-order valence-electron chi connectivity index (χ2n) is 3.25. The highest BCUT2D eigenvalue weighted by Gasteiger charge is 2.12. The summed E-state index contributed by atoms with van der Waals surface area (Å²) < 4.78 is 31.0. The Balaban J connectivity index is 2.26. The first-order chi connectivity index (χ1) is 8.16. The fourth-order valence-corrected chi connectivity index (χ4v) is 1.70. The molecule has 0 amide bonds. The molecular formula is C12H8BrF2NO. The summed E-state index contributed by atoms with van der Waals surface area (Å²) in [4.78, 5) is 3.95. The fraction of sp³-hybridized carbons (Fsp3) is 0.0833. The van der Waals surface area contributed by atoms with Crippen LogP contribution in [0, 0.1) is 0 Å². The molecule has 2 aromatic rings. The number of alkyl halides is 2. The molecule has 17 heavy (non-hydrogen) atoms. The van der Waals surface area contributed by atoms with E-state index in [1.165, 1.54) is 12.1 Å². The molecule has 0 fully saturated rings. The van der Waals surface area contributed by atoms with Gasteiger partial charge in [0.25, 0.3) is 6.43 Å². The quantitative estimate of drug-likeness (QED) is 0.828. The molecule has 0 aliphatic heterocycles. The summed E-state index contributed by atoms with van der Waals surface area (Å²) in [6.07, 6.45) is -0.973. The maximum Gasteiger partial charge on any atom is 0.265 e. The van der Waals surface area contributed by atoms with Crippen LogP contribution in [-0.4, -0.2) is 4.98 Å². The van der Waals surface area contributed by atoms with Crippen molar-refractivity contribution in [2.45, 2.75) is 6.43 Å². The number of nitrogens with zero attached hydrogens (tertiary/aromatic N) is 1. The third-order valence-electron chi connectivity index (χ3n) is 2.06. The molecule has 2 rings (SSSR count). The van der Waals surface area contributed by atoms with Gasteiger partial charge >= 0.3 is 0 Å². The lowest BCUT2D eigenvalue weighted by Crippen LogP contribution is -1.91. The van der Waals surface area contributed by atoms with E-state index in [1.807, 2.05) is 0 Å². The molecule has 2 nitrogen and oxygen atoms in total. The number of benzene rings is 1. The van der Waals surface area contributed by atoms with E-state index in [0.717, 1.165) is 0 Å². The third kappa shape index (κ3) is 3.00. The molecule has 0 unspecified atom stereocenters. The Morgan fingerprint density at radius 2 is 2.00 bits per heavy atom. The van der Waals surface area contributed by atoms with Crippen molar-refractivity contribution in [3.8, 4) is 11.6 Å². The zero-order valence-electron chi connectivity index (χ0n) is 8.61. The largest absolute Gasteiger partial charge is 0.439 e. The first kappa shape index (κ1) is 12.0. The van der Waals surface area contributed by atoms with E-state index in [1.54, 1.807) is 30.5 Å². The Hall–Kier alpha value is -1.49. The smallest absolute Gasteiger partial charge is 0.265 e. The fourth-order valence-electron chi connectivity index (χ4n) is 1.28. The van der Waals surface area contributed by atoms with Crippen molar-refractivity contribution in [2.24, 2.45) is 0 Å². The van der Waals surface area contributed by atoms with Gasteiger partial charge in [-0.25, -0.2) is 13.8 Å². The van der Waals surface area contributed by atoms with Gasteiger partial charge in [0.2, 0.25) is 5.88 Å². The summed E-state index contributed by atoms with van der Waals surface area (Å²) >= 11 is 3.07. The molecule has 0 bridgehead atoms. The standard InChI is InChI=1S/C12H8BrF2NO/c13-10-5-4-8(7-9(10)12(14)15)17-11-3-1-2-6-16-11/h1-7,12H. The van der Waals surface area contributed by atoms with Crippen molar-refractivity contribution in [1.82, 2.24) is 4.98 Å². The van der Waals surface area contributed by atoms with Gasteiger partial charge in [-0.05, 0) is 24.3 Å². The lowest BCUT2D eigenvalue weighted by molar-refractivity contribution is 0.150. The molecule has 0 saturated heterocycles. The van der Waals surface area contributed by atoms with Crippen molar-refractivity contribution in [3.63, 3.8) is 0 Å². The van der Waals surface area contributed by atoms with Gasteiger partial charge in [0.1, 0.15) is 5.75 Å². The topological polar surface area (TPSA) is 22.1 Å². The Bertz CT molecular complexity index is 505. The minimum atomic E-state index is -2.54. The van der Waals surface area contributed by atoms with Crippen LogP contribution in [0.25, 0.3) is 0 Å². The molecule has 0 atom stereocenters. The Morgan fingerprint density at radius 3 is 2.65 bits per heavy atom. The van der Waals surface area contributed by atoms with Gasteiger partial charge in [-0.1, -0.05) is 22.0 Å². The van der Waals surface area contributed by atoms with Crippen molar-refractivity contribution in [2.75, 3.05) is 0 Å². The summed E-state index contributed by atoms with van der Waals surface area (Å²) in [5, 5.41) is 0. The highest BCUT2D eigenvalue weighted by molar-refractivity contribution is 9.10. The normalized spacial score (nSPS) is 10.6. The van der Waals surface area contributed by atoms with E-state index in [2.05, 4.69) is 20.9 Å². The number of hydrogen-bond acceptors (Lipinski definition) is 2. The SMILES string of the molecule is FC(F)c1cc(Oc2ccccn2)ccc1Br. The van der Waals surface area contributed by atoms with Crippen molar-refractivity contribution in [1.29, 1.82) is 0 Å². The zero-order chi connectivity index (χ0) is 12.3. The van der Waals surface area contributed by atoms with Crippen LogP contribution in [0.4, 0.5) is 8.78 Å². The van der Waals surface area contributed by atoms with Crippen LogP contribution >= 0.6 is 15.9 Å². The van der Waals surface area contributed by atoms with Gasteiger partial charge in [-0.15, -0.1) is 0 Å². The molecule has 0 N–H and O–H groups in total. The molecule has 88 valence electrons. The van der Waals surface area contributed by atoms with Gasteiger partial charge in [0.05, 0.1) is 0 Å². The molecular weight excluding hydrogens is 292 g/mol. The third-order valence-corrected chi connectivity index (χ3v) is 2.78. The predicted octanol–water partition coefficient (Wildman–Crippen LogP) is 4.57. The van der Waals surface area contributed by atoms with Crippen LogP contribution in [0.3, 0.4) is 0 Å². The molecule has 0 saturated carbocycles. The van der Waals surface area contributed by atoms with Gasteiger partial charge < -0.3 is 4.74 Å². The van der Waals surface area contributed by atoms with Crippen LogP contribution in [0.1, 0.15) is 12.0 Å². The number of rotatable bonds is 3. The van der Waals surface area contributed by atoms with Gasteiger partial charge in [-0.2, -0.15) is 0 Å². The second kappa shape index (κ2) is 5.23. The minimum Gasteiger partial charge on any atom is -0.439 e. The monoisotopic (exact) mass is 299 g/mol. The zero-order valence-corrected chi connectivity index (χ0v) is 10.2. The van der Waals surface area contributed by atoms with Gasteiger partial charge in [0.15, 0.2) is 0 Å². The lowest BCUT2D eigenvalue weighted by Gasteiger charge is -2.08. The first-order valence-electron chi connectivity index (χ1n) is 4.83. The van der Waals surface area contributed by atoms with Crippen LogP contribution in [0.5, 0.6) is 11.6 Å². The number of hydrogen-bond donors (Lipinski definition) is 0. The average Bonchev–Trinajstić information content (AvgIpc) is 2.32. The minimum absolute atomic E-state index is 0.0987. The lowest BCUT2D eigenvalue weighted by atomic mass is 10.2. The molecule has 1 aromatic heterocycles. The van der Waals surface area contributed by atoms with Crippen molar-refractivity contribution < 1.29 is 13.5 Å². The number of ether oxygens (including phenoxy) is 1. The molecule has 0 spiro atoms. The highest BCUT2D eigenvalue weighted by atomic mass is 79.9. The molecule has 0 aliphatic carbocycles. The summed E-state index contributed by atoms with van der Waals surface area (Å²) in [5.41, 5.74) is -0.0987. The van der Waals surface area contributed by atoms with Crippen LogP contribution in [-0.2, 0) is 0 Å².